The first-order valence-corrected chi connectivity index (χ1v) is 9.51. The number of nitrogens with one attached hydrogen (secondary N) is 2. The van der Waals surface area contributed by atoms with Gasteiger partial charge in [0, 0.05) is 25.6 Å². The molecule has 0 heterocycles. The number of nitrogens with two attached hydrogens (primary N) is 1. The summed E-state index contributed by atoms with van der Waals surface area (Å²) in [5, 5.41) is 2.70. The molecule has 0 aromatic heterocycles. The summed E-state index contributed by atoms with van der Waals surface area (Å²) in [5.41, 5.74) is 7.78. The maximum absolute atomic E-state index is 12.3. The molecule has 0 saturated carbocycles. The normalized spacial score (nSPS) is 15.1. The van der Waals surface area contributed by atoms with Gasteiger partial charge in [0.15, 0.2) is 0 Å². The van der Waals surface area contributed by atoms with Crippen LogP contribution in [0.1, 0.15) is 37.3 Å². The fourth-order valence-corrected chi connectivity index (χ4v) is 3.75. The molecular formula is C16H26ClN3O3S. The van der Waals surface area contributed by atoms with Crippen molar-refractivity contribution in [1.29, 1.82) is 0 Å². The van der Waals surface area contributed by atoms with E-state index in [9.17, 15) is 13.2 Å². The molecule has 1 aliphatic rings. The molecule has 0 bridgehead atoms. The third-order valence-corrected chi connectivity index (χ3v) is 5.49. The van der Waals surface area contributed by atoms with Gasteiger partial charge in [-0.05, 0) is 55.9 Å². The first-order chi connectivity index (χ1) is 10.9. The molecule has 136 valence electrons. The van der Waals surface area contributed by atoms with Gasteiger partial charge < -0.3 is 11.1 Å². The van der Waals surface area contributed by atoms with Crippen LogP contribution in [-0.4, -0.2) is 33.5 Å². The van der Waals surface area contributed by atoms with Gasteiger partial charge in [0.1, 0.15) is 0 Å². The van der Waals surface area contributed by atoms with Gasteiger partial charge in [-0.1, -0.05) is 6.07 Å². The first kappa shape index (κ1) is 20.9. The van der Waals surface area contributed by atoms with Gasteiger partial charge >= 0.3 is 0 Å². The van der Waals surface area contributed by atoms with Crippen LogP contribution in [0.25, 0.3) is 0 Å². The summed E-state index contributed by atoms with van der Waals surface area (Å²) in [6, 6.07) is 5.19. The zero-order valence-electron chi connectivity index (χ0n) is 13.9. The molecule has 6 nitrogen and oxygen atoms in total. The Kier molecular flexibility index (Phi) is 8.15. The molecule has 0 unspecified atom stereocenters. The van der Waals surface area contributed by atoms with Crippen molar-refractivity contribution >= 4 is 28.3 Å². The lowest BCUT2D eigenvalue weighted by molar-refractivity contribution is -0.121. The van der Waals surface area contributed by atoms with Gasteiger partial charge in [0.2, 0.25) is 15.9 Å². The first-order valence-electron chi connectivity index (χ1n) is 8.03. The van der Waals surface area contributed by atoms with Crippen LogP contribution in [0.3, 0.4) is 0 Å². The Morgan fingerprint density at radius 1 is 1.25 bits per heavy atom. The molecule has 0 fully saturated rings. The second-order valence-corrected chi connectivity index (χ2v) is 7.76. The average Bonchev–Trinajstić information content (AvgIpc) is 2.54. The van der Waals surface area contributed by atoms with Crippen LogP contribution in [0.15, 0.2) is 23.1 Å². The number of hydrogen-bond acceptors (Lipinski definition) is 4. The Hall–Kier alpha value is -1.15. The Morgan fingerprint density at radius 2 is 1.92 bits per heavy atom. The minimum atomic E-state index is -3.58. The van der Waals surface area contributed by atoms with Crippen LogP contribution in [-0.2, 0) is 27.7 Å². The van der Waals surface area contributed by atoms with Crippen LogP contribution >= 0.6 is 12.4 Å². The van der Waals surface area contributed by atoms with E-state index in [-0.39, 0.29) is 42.2 Å². The topological polar surface area (TPSA) is 101 Å². The van der Waals surface area contributed by atoms with Gasteiger partial charge in [0.05, 0.1) is 4.90 Å². The molecule has 8 heteroatoms. The Balaban J connectivity index is 0.00000288. The van der Waals surface area contributed by atoms with E-state index in [1.807, 2.05) is 6.07 Å². The molecule has 0 spiro atoms. The van der Waals surface area contributed by atoms with E-state index in [0.717, 1.165) is 31.2 Å². The highest BCUT2D eigenvalue weighted by atomic mass is 35.5. The molecule has 1 aliphatic carbocycles. The van der Waals surface area contributed by atoms with Crippen molar-refractivity contribution in [3.8, 4) is 0 Å². The van der Waals surface area contributed by atoms with Crippen molar-refractivity contribution in [3.63, 3.8) is 0 Å². The van der Waals surface area contributed by atoms with Gasteiger partial charge in [-0.25, -0.2) is 13.1 Å². The maximum Gasteiger partial charge on any atom is 0.240 e. The highest BCUT2D eigenvalue weighted by Gasteiger charge is 2.18. The molecule has 0 aliphatic heterocycles. The number of halogens is 1. The fraction of sp³-hybridized carbons (Fsp3) is 0.562. The number of hydrogen-bond donors (Lipinski definition) is 3. The number of aryl methyl sites for hydroxylation is 2. The van der Waals surface area contributed by atoms with Crippen LogP contribution in [0.5, 0.6) is 0 Å². The molecule has 1 atom stereocenters. The van der Waals surface area contributed by atoms with Crippen molar-refractivity contribution < 1.29 is 13.2 Å². The SMILES string of the molecule is C[C@@H](CN)NC(=O)CCNS(=O)(=O)c1ccc2c(c1)CCCC2.Cl. The number of sulfonamides is 1. The van der Waals surface area contributed by atoms with Crippen LogP contribution in [0, 0.1) is 0 Å². The molecular weight excluding hydrogens is 350 g/mol. The summed E-state index contributed by atoms with van der Waals surface area (Å²) in [7, 11) is -3.58. The zero-order chi connectivity index (χ0) is 16.9. The lowest BCUT2D eigenvalue weighted by Gasteiger charge is -2.17. The lowest BCUT2D eigenvalue weighted by Crippen LogP contribution is -2.39. The predicted molar refractivity (Wildman–Crippen MR) is 96.8 cm³/mol. The van der Waals surface area contributed by atoms with Crippen LogP contribution < -0.4 is 15.8 Å². The van der Waals surface area contributed by atoms with E-state index in [0.29, 0.717) is 6.54 Å². The Labute approximate surface area is 150 Å². The summed E-state index contributed by atoms with van der Waals surface area (Å²) in [5.74, 6) is -0.212. The van der Waals surface area contributed by atoms with Crippen molar-refractivity contribution in [2.45, 2.75) is 50.0 Å². The Bertz CT molecular complexity index is 665. The number of carbonyl (C=O) groups excluding carboxylic acids is 1. The zero-order valence-corrected chi connectivity index (χ0v) is 15.5. The van der Waals surface area contributed by atoms with E-state index in [4.69, 9.17) is 5.73 Å². The second-order valence-electron chi connectivity index (χ2n) is 5.99. The molecule has 0 radical (unpaired) electrons. The molecule has 1 aromatic rings. The minimum absolute atomic E-state index is 0. The molecule has 1 amide bonds. The predicted octanol–water partition coefficient (Wildman–Crippen LogP) is 1.12. The van der Waals surface area contributed by atoms with Gasteiger partial charge in [-0.2, -0.15) is 0 Å². The monoisotopic (exact) mass is 375 g/mol. The molecule has 4 N–H and O–H groups in total. The van der Waals surface area contributed by atoms with Crippen LogP contribution in [0.4, 0.5) is 0 Å². The van der Waals surface area contributed by atoms with E-state index in [1.165, 1.54) is 5.56 Å². The largest absolute Gasteiger partial charge is 0.352 e. The molecule has 24 heavy (non-hydrogen) atoms. The van der Waals surface area contributed by atoms with Crippen molar-refractivity contribution in [1.82, 2.24) is 10.0 Å². The summed E-state index contributed by atoms with van der Waals surface area (Å²) >= 11 is 0. The number of fused-ring (bicyclic) bond motifs is 1. The summed E-state index contributed by atoms with van der Waals surface area (Å²) < 4.78 is 27.1. The van der Waals surface area contributed by atoms with E-state index < -0.39 is 10.0 Å². The number of benzene rings is 1. The van der Waals surface area contributed by atoms with Gasteiger partial charge in [-0.3, -0.25) is 4.79 Å². The summed E-state index contributed by atoms with van der Waals surface area (Å²) in [6.45, 7) is 2.23. The highest BCUT2D eigenvalue weighted by molar-refractivity contribution is 7.89. The van der Waals surface area contributed by atoms with Crippen molar-refractivity contribution in [2.75, 3.05) is 13.1 Å². The Morgan fingerprint density at radius 3 is 2.58 bits per heavy atom. The summed E-state index contributed by atoms with van der Waals surface area (Å²) in [6.07, 6.45) is 4.30. The maximum atomic E-state index is 12.3. The van der Waals surface area contributed by atoms with Crippen LogP contribution in [0.2, 0.25) is 0 Å². The van der Waals surface area contributed by atoms with Crippen molar-refractivity contribution in [2.24, 2.45) is 5.73 Å². The number of amides is 1. The second kappa shape index (κ2) is 9.36. The fourth-order valence-electron chi connectivity index (χ4n) is 2.67. The van der Waals surface area contributed by atoms with Gasteiger partial charge in [0.25, 0.3) is 0 Å². The molecule has 2 rings (SSSR count). The smallest absolute Gasteiger partial charge is 0.240 e. The third kappa shape index (κ3) is 5.73. The van der Waals surface area contributed by atoms with E-state index in [2.05, 4.69) is 10.0 Å². The quantitative estimate of drug-likeness (QED) is 0.664. The standard InChI is InChI=1S/C16H25N3O3S.ClH/c1-12(11-17)19-16(20)8-9-18-23(21,22)15-7-6-13-4-2-3-5-14(13)10-15;/h6-7,10,12,18H,2-5,8-9,11,17H2,1H3,(H,19,20);1H/t12-;/m0./s1. The highest BCUT2D eigenvalue weighted by Crippen LogP contribution is 2.23. The lowest BCUT2D eigenvalue weighted by atomic mass is 9.92. The van der Waals surface area contributed by atoms with Crippen molar-refractivity contribution in [3.05, 3.63) is 29.3 Å². The number of rotatable bonds is 7. The van der Waals surface area contributed by atoms with E-state index >= 15 is 0 Å². The molecule has 1 aromatic carbocycles. The summed E-state index contributed by atoms with van der Waals surface area (Å²) in [4.78, 5) is 11.9. The third-order valence-electron chi connectivity index (χ3n) is 4.04. The number of carbonyl (C=O) groups is 1. The molecule has 0 saturated heterocycles. The minimum Gasteiger partial charge on any atom is -0.352 e. The average molecular weight is 376 g/mol. The van der Waals surface area contributed by atoms with Gasteiger partial charge in [-0.15, -0.1) is 12.4 Å². The van der Waals surface area contributed by atoms with E-state index in [1.54, 1.807) is 19.1 Å².